The SMILES string of the molecule is C1=CC2c3c(ccc(-c4ccccn4)c3-c3nc(-c4ccccc4)nc(-c4ccccc4)n3)OC2c2c1n(-c1ccccc1)c1ccccc21. The summed E-state index contributed by atoms with van der Waals surface area (Å²) in [7, 11) is 0. The summed E-state index contributed by atoms with van der Waals surface area (Å²) in [6, 6.07) is 49.5. The van der Waals surface area contributed by atoms with Gasteiger partial charge in [0.1, 0.15) is 11.9 Å². The van der Waals surface area contributed by atoms with Gasteiger partial charge in [0.25, 0.3) is 0 Å². The lowest BCUT2D eigenvalue weighted by Crippen LogP contribution is -2.14. The van der Waals surface area contributed by atoms with E-state index in [9.17, 15) is 0 Å². The first-order chi connectivity index (χ1) is 24.8. The lowest BCUT2D eigenvalue weighted by Gasteiger charge is -2.23. The molecule has 6 heteroatoms. The lowest BCUT2D eigenvalue weighted by molar-refractivity contribution is 0.224. The van der Waals surface area contributed by atoms with E-state index < -0.39 is 0 Å². The summed E-state index contributed by atoms with van der Waals surface area (Å²) in [5, 5.41) is 1.18. The van der Waals surface area contributed by atoms with E-state index in [1.807, 2.05) is 85.1 Å². The Kier molecular flexibility index (Phi) is 6.52. The number of benzene rings is 5. The second-order valence-electron chi connectivity index (χ2n) is 12.6. The molecule has 6 nitrogen and oxygen atoms in total. The van der Waals surface area contributed by atoms with Crippen LogP contribution in [0.5, 0.6) is 5.75 Å². The van der Waals surface area contributed by atoms with Crippen molar-refractivity contribution in [2.45, 2.75) is 12.0 Å². The monoisotopic (exact) mass is 643 g/mol. The second-order valence-corrected chi connectivity index (χ2v) is 12.6. The first kappa shape index (κ1) is 28.4. The topological polar surface area (TPSA) is 65.7 Å². The standard InChI is InChI=1S/C44H29N5O/c1-4-14-28(15-5-1)42-46-43(29-16-6-2-7-17-29)48-44(47-42)40-31(34-21-12-13-27-45-34)24-26-37-39(40)33-23-25-36-38(41(33)50-37)32-20-10-11-22-35(32)49(36)30-18-8-3-9-19-30/h1-27,33,41H. The number of para-hydroxylation sites is 2. The van der Waals surface area contributed by atoms with Crippen molar-refractivity contribution in [1.82, 2.24) is 24.5 Å². The molecule has 0 fully saturated rings. The number of fused-ring (bicyclic) bond motifs is 7. The van der Waals surface area contributed by atoms with Crippen molar-refractivity contribution in [3.8, 4) is 56.9 Å². The lowest BCUT2D eigenvalue weighted by atomic mass is 9.82. The molecule has 10 rings (SSSR count). The van der Waals surface area contributed by atoms with Crippen LogP contribution in [-0.2, 0) is 0 Å². The van der Waals surface area contributed by atoms with Gasteiger partial charge in [0.05, 0.1) is 16.9 Å². The van der Waals surface area contributed by atoms with Gasteiger partial charge in [-0.25, -0.2) is 15.0 Å². The molecule has 0 radical (unpaired) electrons. The van der Waals surface area contributed by atoms with Crippen LogP contribution in [0.25, 0.3) is 68.1 Å². The smallest absolute Gasteiger partial charge is 0.165 e. The predicted octanol–water partition coefficient (Wildman–Crippen LogP) is 10.1. The molecular weight excluding hydrogens is 615 g/mol. The second kappa shape index (κ2) is 11.5. The molecule has 1 aliphatic heterocycles. The van der Waals surface area contributed by atoms with E-state index in [1.54, 1.807) is 0 Å². The maximum absolute atomic E-state index is 7.02. The number of hydrogen-bond donors (Lipinski definition) is 0. The molecule has 4 heterocycles. The van der Waals surface area contributed by atoms with Gasteiger partial charge >= 0.3 is 0 Å². The van der Waals surface area contributed by atoms with Crippen LogP contribution < -0.4 is 4.74 Å². The van der Waals surface area contributed by atoms with Crippen LogP contribution in [-0.4, -0.2) is 24.5 Å². The highest BCUT2D eigenvalue weighted by atomic mass is 16.5. The molecule has 0 N–H and O–H groups in total. The van der Waals surface area contributed by atoms with Crippen molar-refractivity contribution in [2.24, 2.45) is 0 Å². The zero-order valence-corrected chi connectivity index (χ0v) is 26.9. The van der Waals surface area contributed by atoms with Crippen LogP contribution in [0.1, 0.15) is 28.8 Å². The molecule has 2 unspecified atom stereocenters. The minimum absolute atomic E-state index is 0.0803. The van der Waals surface area contributed by atoms with E-state index in [2.05, 4.69) is 83.4 Å². The van der Waals surface area contributed by atoms with Gasteiger partial charge in [-0.2, -0.15) is 0 Å². The Labute approximate surface area is 289 Å². The van der Waals surface area contributed by atoms with Gasteiger partial charge in [0.15, 0.2) is 17.5 Å². The van der Waals surface area contributed by atoms with E-state index in [-0.39, 0.29) is 12.0 Å². The Morgan fingerprint density at radius 1 is 0.560 bits per heavy atom. The molecule has 236 valence electrons. The normalized spacial score (nSPS) is 15.7. The van der Waals surface area contributed by atoms with E-state index in [1.165, 1.54) is 10.9 Å². The Bertz CT molecular complexity index is 2510. The fourth-order valence-electron chi connectivity index (χ4n) is 7.53. The Morgan fingerprint density at radius 2 is 1.20 bits per heavy atom. The fraction of sp³-hybridized carbons (Fsp3) is 0.0455. The van der Waals surface area contributed by atoms with Crippen LogP contribution in [0.15, 0.2) is 158 Å². The molecule has 2 atom stereocenters. The third-order valence-corrected chi connectivity index (χ3v) is 9.70. The molecule has 0 saturated heterocycles. The Balaban J connectivity index is 1.23. The molecule has 0 spiro atoms. The molecule has 50 heavy (non-hydrogen) atoms. The molecule has 2 aliphatic rings. The van der Waals surface area contributed by atoms with Gasteiger partial charge in [-0.15, -0.1) is 0 Å². The van der Waals surface area contributed by atoms with Gasteiger partial charge in [-0.1, -0.05) is 109 Å². The minimum atomic E-state index is -0.235. The highest BCUT2D eigenvalue weighted by Crippen LogP contribution is 2.56. The number of nitrogens with zero attached hydrogens (tertiary/aromatic N) is 5. The van der Waals surface area contributed by atoms with Crippen molar-refractivity contribution in [2.75, 3.05) is 0 Å². The zero-order valence-electron chi connectivity index (χ0n) is 26.9. The van der Waals surface area contributed by atoms with E-state index in [4.69, 9.17) is 24.7 Å². The number of ether oxygens (including phenoxy) is 1. The highest BCUT2D eigenvalue weighted by Gasteiger charge is 2.43. The van der Waals surface area contributed by atoms with Crippen LogP contribution >= 0.6 is 0 Å². The summed E-state index contributed by atoms with van der Waals surface area (Å²) in [6.07, 6.45) is 6.15. The van der Waals surface area contributed by atoms with Gasteiger partial charge in [-0.3, -0.25) is 4.98 Å². The third-order valence-electron chi connectivity index (χ3n) is 9.70. The van der Waals surface area contributed by atoms with Gasteiger partial charge in [0.2, 0.25) is 0 Å². The Morgan fingerprint density at radius 3 is 1.90 bits per heavy atom. The van der Waals surface area contributed by atoms with Crippen LogP contribution in [0.4, 0.5) is 0 Å². The predicted molar refractivity (Wildman–Crippen MR) is 198 cm³/mol. The first-order valence-electron chi connectivity index (χ1n) is 16.8. The van der Waals surface area contributed by atoms with Crippen LogP contribution in [0, 0.1) is 0 Å². The van der Waals surface area contributed by atoms with E-state index in [0.717, 1.165) is 56.2 Å². The van der Waals surface area contributed by atoms with Crippen LogP contribution in [0.2, 0.25) is 0 Å². The van der Waals surface area contributed by atoms with Crippen molar-refractivity contribution in [3.63, 3.8) is 0 Å². The summed E-state index contributed by atoms with van der Waals surface area (Å²) in [4.78, 5) is 20.2. The van der Waals surface area contributed by atoms with Crippen molar-refractivity contribution in [1.29, 1.82) is 0 Å². The summed E-state index contributed by atoms with van der Waals surface area (Å²) in [5.74, 6) is 2.56. The number of hydrogen-bond acceptors (Lipinski definition) is 5. The van der Waals surface area contributed by atoms with Gasteiger partial charge in [-0.05, 0) is 48.5 Å². The molecule has 0 bridgehead atoms. The maximum Gasteiger partial charge on any atom is 0.165 e. The minimum Gasteiger partial charge on any atom is -0.484 e. The number of aromatic nitrogens is 5. The average molecular weight is 644 g/mol. The summed E-state index contributed by atoms with van der Waals surface area (Å²) in [5.41, 5.74) is 10.2. The maximum atomic E-state index is 7.02. The molecule has 0 saturated carbocycles. The summed E-state index contributed by atoms with van der Waals surface area (Å²) < 4.78 is 9.36. The molecule has 3 aromatic heterocycles. The summed E-state index contributed by atoms with van der Waals surface area (Å²) >= 11 is 0. The van der Waals surface area contributed by atoms with Gasteiger partial charge < -0.3 is 9.30 Å². The molecular formula is C44H29N5O. The molecule has 0 amide bonds. The fourth-order valence-corrected chi connectivity index (χ4v) is 7.53. The molecule has 5 aromatic carbocycles. The van der Waals surface area contributed by atoms with Gasteiger partial charge in [0, 0.05) is 56.6 Å². The average Bonchev–Trinajstić information content (AvgIpc) is 3.74. The van der Waals surface area contributed by atoms with Crippen molar-refractivity contribution < 1.29 is 4.74 Å². The summed E-state index contributed by atoms with van der Waals surface area (Å²) in [6.45, 7) is 0. The molecule has 8 aromatic rings. The van der Waals surface area contributed by atoms with Crippen molar-refractivity contribution >= 4 is 17.0 Å². The van der Waals surface area contributed by atoms with E-state index >= 15 is 0 Å². The first-order valence-corrected chi connectivity index (χ1v) is 16.8. The zero-order chi connectivity index (χ0) is 33.0. The largest absolute Gasteiger partial charge is 0.484 e. The number of pyridine rings is 1. The van der Waals surface area contributed by atoms with E-state index in [0.29, 0.717) is 17.5 Å². The highest BCUT2D eigenvalue weighted by molar-refractivity contribution is 5.93. The quantitative estimate of drug-likeness (QED) is 0.187. The van der Waals surface area contributed by atoms with Crippen molar-refractivity contribution in [3.05, 3.63) is 175 Å². The van der Waals surface area contributed by atoms with Crippen LogP contribution in [0.3, 0.4) is 0 Å². The molecule has 1 aliphatic carbocycles. The Hall–Kier alpha value is -6.66. The number of rotatable bonds is 5. The third kappa shape index (κ3) is 4.49.